The molecule has 2 nitrogen and oxygen atoms in total. The molecular weight excluding hydrogens is 198 g/mol. The number of ether oxygens (including phenoxy) is 1. The average molecular weight is 225 g/mol. The Balaban J connectivity index is 1.77. The summed E-state index contributed by atoms with van der Waals surface area (Å²) in [6.07, 6.45) is 11.3. The second-order valence-electron chi connectivity index (χ2n) is 5.66. The van der Waals surface area contributed by atoms with Crippen LogP contribution in [0.4, 0.5) is 0 Å². The van der Waals surface area contributed by atoms with E-state index in [0.717, 1.165) is 18.4 Å². The van der Waals surface area contributed by atoms with E-state index in [-0.39, 0.29) is 6.04 Å². The predicted molar refractivity (Wildman–Crippen MR) is 67.3 cm³/mol. The topological polar surface area (TPSA) is 35.2 Å². The highest BCUT2D eigenvalue weighted by molar-refractivity contribution is 4.90. The van der Waals surface area contributed by atoms with E-state index in [0.29, 0.717) is 6.10 Å². The molecule has 2 rings (SSSR count). The molecule has 94 valence electrons. The number of hydrogen-bond donors (Lipinski definition) is 1. The van der Waals surface area contributed by atoms with Gasteiger partial charge in [-0.05, 0) is 38.0 Å². The van der Waals surface area contributed by atoms with Crippen molar-refractivity contribution in [2.24, 2.45) is 17.6 Å². The Morgan fingerprint density at radius 1 is 1.12 bits per heavy atom. The van der Waals surface area contributed by atoms with Gasteiger partial charge in [0.2, 0.25) is 0 Å². The minimum absolute atomic E-state index is 0.288. The Bertz CT molecular complexity index is 197. The number of hydrogen-bond acceptors (Lipinski definition) is 2. The summed E-state index contributed by atoms with van der Waals surface area (Å²) < 4.78 is 5.84. The smallest absolute Gasteiger partial charge is 0.0753 e. The van der Waals surface area contributed by atoms with Crippen molar-refractivity contribution in [3.8, 4) is 0 Å². The van der Waals surface area contributed by atoms with E-state index in [4.69, 9.17) is 10.5 Å². The molecule has 2 aliphatic carbocycles. The molecular formula is C14H27NO. The normalized spacial score (nSPS) is 26.6. The first kappa shape index (κ1) is 12.4. The average Bonchev–Trinajstić information content (AvgIpc) is 3.11. The van der Waals surface area contributed by atoms with Gasteiger partial charge in [-0.25, -0.2) is 0 Å². The van der Waals surface area contributed by atoms with Crippen molar-refractivity contribution in [1.82, 2.24) is 0 Å². The first-order valence-electron chi connectivity index (χ1n) is 7.18. The van der Waals surface area contributed by atoms with Gasteiger partial charge < -0.3 is 10.5 Å². The van der Waals surface area contributed by atoms with Crippen LogP contribution >= 0.6 is 0 Å². The Labute approximate surface area is 99.9 Å². The molecule has 0 aromatic rings. The first-order chi connectivity index (χ1) is 7.81. The minimum Gasteiger partial charge on any atom is -0.377 e. The molecule has 0 spiro atoms. The summed E-state index contributed by atoms with van der Waals surface area (Å²) in [5.41, 5.74) is 6.35. The summed E-state index contributed by atoms with van der Waals surface area (Å²) in [4.78, 5) is 0. The van der Waals surface area contributed by atoms with E-state index in [1.54, 1.807) is 0 Å². The molecule has 0 aromatic carbocycles. The minimum atomic E-state index is 0.288. The van der Waals surface area contributed by atoms with Gasteiger partial charge in [0.05, 0.1) is 6.10 Å². The van der Waals surface area contributed by atoms with Gasteiger partial charge in [-0.2, -0.15) is 0 Å². The van der Waals surface area contributed by atoms with E-state index in [1.807, 2.05) is 0 Å². The standard InChI is InChI=1S/C14H27NO/c1-2-16-14(12-8-9-12)13(15)10-11-6-4-3-5-7-11/h11-14H,2-10,15H2,1H3. The van der Waals surface area contributed by atoms with Gasteiger partial charge in [-0.1, -0.05) is 32.1 Å². The fourth-order valence-electron chi connectivity index (χ4n) is 3.17. The van der Waals surface area contributed by atoms with Crippen LogP contribution in [0.25, 0.3) is 0 Å². The highest BCUT2D eigenvalue weighted by Gasteiger charge is 2.36. The van der Waals surface area contributed by atoms with Gasteiger partial charge in [-0.3, -0.25) is 0 Å². The van der Waals surface area contributed by atoms with E-state index in [1.165, 1.54) is 51.4 Å². The summed E-state index contributed by atoms with van der Waals surface area (Å²) in [5.74, 6) is 1.66. The lowest BCUT2D eigenvalue weighted by molar-refractivity contribution is 0.0216. The lowest BCUT2D eigenvalue weighted by atomic mass is 9.83. The largest absolute Gasteiger partial charge is 0.377 e. The molecule has 2 N–H and O–H groups in total. The molecule has 0 saturated heterocycles. The van der Waals surface area contributed by atoms with Crippen LogP contribution in [-0.4, -0.2) is 18.8 Å². The molecule has 16 heavy (non-hydrogen) atoms. The van der Waals surface area contributed by atoms with Gasteiger partial charge in [0.15, 0.2) is 0 Å². The van der Waals surface area contributed by atoms with Crippen molar-refractivity contribution in [2.75, 3.05) is 6.61 Å². The Hall–Kier alpha value is -0.0800. The molecule has 2 heteroatoms. The zero-order valence-electron chi connectivity index (χ0n) is 10.7. The van der Waals surface area contributed by atoms with Crippen LogP contribution in [0, 0.1) is 11.8 Å². The second kappa shape index (κ2) is 6.02. The zero-order chi connectivity index (χ0) is 11.4. The van der Waals surface area contributed by atoms with Gasteiger partial charge in [0.1, 0.15) is 0 Å². The number of rotatable bonds is 6. The van der Waals surface area contributed by atoms with Crippen LogP contribution < -0.4 is 5.73 Å². The third kappa shape index (κ3) is 3.46. The number of nitrogens with two attached hydrogens (primary N) is 1. The second-order valence-corrected chi connectivity index (χ2v) is 5.66. The molecule has 2 unspecified atom stereocenters. The van der Waals surface area contributed by atoms with Gasteiger partial charge in [0, 0.05) is 12.6 Å². The molecule has 0 amide bonds. The predicted octanol–water partition coefficient (Wildman–Crippen LogP) is 3.10. The maximum atomic E-state index is 6.35. The highest BCUT2D eigenvalue weighted by Crippen LogP contribution is 2.37. The summed E-state index contributed by atoms with van der Waals surface area (Å²) in [7, 11) is 0. The maximum absolute atomic E-state index is 6.35. The zero-order valence-corrected chi connectivity index (χ0v) is 10.7. The van der Waals surface area contributed by atoms with E-state index in [2.05, 4.69) is 6.92 Å². The molecule has 2 aliphatic rings. The van der Waals surface area contributed by atoms with Gasteiger partial charge >= 0.3 is 0 Å². The van der Waals surface area contributed by atoms with E-state index in [9.17, 15) is 0 Å². The van der Waals surface area contributed by atoms with Crippen molar-refractivity contribution in [3.05, 3.63) is 0 Å². The molecule has 0 radical (unpaired) electrons. The van der Waals surface area contributed by atoms with Crippen LogP contribution in [0.3, 0.4) is 0 Å². The van der Waals surface area contributed by atoms with Crippen LogP contribution in [0.1, 0.15) is 58.3 Å². The molecule has 0 aromatic heterocycles. The molecule has 2 saturated carbocycles. The fraction of sp³-hybridized carbons (Fsp3) is 1.00. The molecule has 0 bridgehead atoms. The third-order valence-electron chi connectivity index (χ3n) is 4.20. The van der Waals surface area contributed by atoms with Crippen LogP contribution in [0.2, 0.25) is 0 Å². The van der Waals surface area contributed by atoms with Crippen molar-refractivity contribution in [2.45, 2.75) is 70.4 Å². The van der Waals surface area contributed by atoms with Crippen molar-refractivity contribution in [1.29, 1.82) is 0 Å². The van der Waals surface area contributed by atoms with Crippen molar-refractivity contribution >= 4 is 0 Å². The van der Waals surface area contributed by atoms with Gasteiger partial charge in [0.25, 0.3) is 0 Å². The van der Waals surface area contributed by atoms with Crippen LogP contribution in [0.15, 0.2) is 0 Å². The third-order valence-corrected chi connectivity index (χ3v) is 4.20. The maximum Gasteiger partial charge on any atom is 0.0753 e. The lowest BCUT2D eigenvalue weighted by Crippen LogP contribution is -2.40. The van der Waals surface area contributed by atoms with E-state index >= 15 is 0 Å². The molecule has 0 aliphatic heterocycles. The summed E-state index contributed by atoms with van der Waals surface area (Å²) in [6, 6.07) is 0.288. The van der Waals surface area contributed by atoms with Crippen molar-refractivity contribution in [3.63, 3.8) is 0 Å². The summed E-state index contributed by atoms with van der Waals surface area (Å²) in [5, 5.41) is 0. The Kier molecular flexibility index (Phi) is 4.66. The molecule has 0 heterocycles. The van der Waals surface area contributed by atoms with Gasteiger partial charge in [-0.15, -0.1) is 0 Å². The monoisotopic (exact) mass is 225 g/mol. The highest BCUT2D eigenvalue weighted by atomic mass is 16.5. The van der Waals surface area contributed by atoms with Crippen LogP contribution in [0.5, 0.6) is 0 Å². The Morgan fingerprint density at radius 3 is 2.38 bits per heavy atom. The first-order valence-corrected chi connectivity index (χ1v) is 7.18. The fourth-order valence-corrected chi connectivity index (χ4v) is 3.17. The lowest BCUT2D eigenvalue weighted by Gasteiger charge is -2.29. The van der Waals surface area contributed by atoms with E-state index < -0.39 is 0 Å². The SMILES string of the molecule is CCOC(C(N)CC1CCCCC1)C1CC1. The summed E-state index contributed by atoms with van der Waals surface area (Å²) in [6.45, 7) is 2.91. The summed E-state index contributed by atoms with van der Waals surface area (Å²) >= 11 is 0. The van der Waals surface area contributed by atoms with Crippen molar-refractivity contribution < 1.29 is 4.74 Å². The quantitative estimate of drug-likeness (QED) is 0.754. The van der Waals surface area contributed by atoms with Crippen LogP contribution in [-0.2, 0) is 4.74 Å². The molecule has 2 fully saturated rings. The molecule has 2 atom stereocenters. The Morgan fingerprint density at radius 2 is 1.81 bits per heavy atom.